The molecular formula is C21H22N2O3. The van der Waals surface area contributed by atoms with E-state index >= 15 is 0 Å². The highest BCUT2D eigenvalue weighted by Gasteiger charge is 2.16. The first-order valence-corrected chi connectivity index (χ1v) is 8.87. The molecule has 0 radical (unpaired) electrons. The molecule has 1 N–H and O–H groups in total. The fourth-order valence-electron chi connectivity index (χ4n) is 2.77. The van der Waals surface area contributed by atoms with Gasteiger partial charge in [-0.05, 0) is 49.6 Å². The van der Waals surface area contributed by atoms with Crippen molar-refractivity contribution in [2.45, 2.75) is 39.2 Å². The average Bonchev–Trinajstić information content (AvgIpc) is 2.66. The standard InChI is InChI=1S/C21H22N2O3/c1-3-4-7-15-10-12-16(13-11-15)21(25)26-14(2)19-22-18-9-6-5-8-17(18)20(24)23-19/h5-6,8-14H,3-4,7H2,1-2H3,(H,22,23,24). The normalized spacial score (nSPS) is 12.1. The summed E-state index contributed by atoms with van der Waals surface area (Å²) in [7, 11) is 0. The molecule has 0 aliphatic heterocycles. The maximum atomic E-state index is 12.4. The average molecular weight is 350 g/mol. The third-order valence-electron chi connectivity index (χ3n) is 4.31. The predicted molar refractivity (Wildman–Crippen MR) is 101 cm³/mol. The Balaban J connectivity index is 1.74. The molecule has 3 rings (SSSR count). The molecule has 0 bridgehead atoms. The van der Waals surface area contributed by atoms with Crippen LogP contribution >= 0.6 is 0 Å². The van der Waals surface area contributed by atoms with E-state index in [1.807, 2.05) is 18.2 Å². The van der Waals surface area contributed by atoms with Crippen molar-refractivity contribution in [3.05, 3.63) is 75.8 Å². The second-order valence-electron chi connectivity index (χ2n) is 6.32. The Morgan fingerprint density at radius 2 is 1.88 bits per heavy atom. The quantitative estimate of drug-likeness (QED) is 0.677. The lowest BCUT2D eigenvalue weighted by Crippen LogP contribution is -2.17. The van der Waals surface area contributed by atoms with Gasteiger partial charge in [0, 0.05) is 0 Å². The molecule has 0 aliphatic rings. The summed E-state index contributed by atoms with van der Waals surface area (Å²) in [6.07, 6.45) is 2.62. The lowest BCUT2D eigenvalue weighted by atomic mass is 10.1. The number of H-pyrrole nitrogens is 1. The summed E-state index contributed by atoms with van der Waals surface area (Å²) >= 11 is 0. The monoisotopic (exact) mass is 350 g/mol. The highest BCUT2D eigenvalue weighted by Crippen LogP contribution is 2.17. The summed E-state index contributed by atoms with van der Waals surface area (Å²) in [6.45, 7) is 3.85. The Morgan fingerprint density at radius 1 is 1.15 bits per heavy atom. The zero-order valence-electron chi connectivity index (χ0n) is 15.0. The molecule has 0 saturated carbocycles. The number of nitrogens with one attached hydrogen (secondary N) is 1. The number of para-hydroxylation sites is 1. The zero-order chi connectivity index (χ0) is 18.5. The van der Waals surface area contributed by atoms with Crippen molar-refractivity contribution in [3.8, 4) is 0 Å². The number of fused-ring (bicyclic) bond motifs is 1. The van der Waals surface area contributed by atoms with Crippen LogP contribution in [0.5, 0.6) is 0 Å². The van der Waals surface area contributed by atoms with Crippen LogP contribution in [0.15, 0.2) is 53.3 Å². The summed E-state index contributed by atoms with van der Waals surface area (Å²) in [5.74, 6) is -0.100. The number of hydrogen-bond acceptors (Lipinski definition) is 4. The molecule has 3 aromatic rings. The van der Waals surface area contributed by atoms with Gasteiger partial charge in [0.2, 0.25) is 0 Å². The van der Waals surface area contributed by atoms with Crippen LogP contribution in [0.1, 0.15) is 54.5 Å². The van der Waals surface area contributed by atoms with E-state index in [0.29, 0.717) is 22.3 Å². The van der Waals surface area contributed by atoms with E-state index in [4.69, 9.17) is 4.74 Å². The lowest BCUT2D eigenvalue weighted by molar-refractivity contribution is 0.0320. The van der Waals surface area contributed by atoms with Crippen molar-refractivity contribution in [1.82, 2.24) is 9.97 Å². The van der Waals surface area contributed by atoms with Crippen molar-refractivity contribution in [3.63, 3.8) is 0 Å². The molecule has 5 heteroatoms. The molecule has 26 heavy (non-hydrogen) atoms. The molecule has 0 amide bonds. The van der Waals surface area contributed by atoms with Crippen LogP contribution in [-0.4, -0.2) is 15.9 Å². The Hall–Kier alpha value is -2.95. The Labute approximate surface area is 152 Å². The minimum absolute atomic E-state index is 0.242. The van der Waals surface area contributed by atoms with Gasteiger partial charge >= 0.3 is 5.97 Å². The summed E-state index contributed by atoms with van der Waals surface area (Å²) in [4.78, 5) is 31.6. The predicted octanol–water partition coefficient (Wildman–Crippen LogP) is 4.18. The summed E-state index contributed by atoms with van der Waals surface area (Å²) in [6, 6.07) is 14.5. The SMILES string of the molecule is CCCCc1ccc(C(=O)OC(C)c2nc3ccccc3c(=O)[nH]2)cc1. The summed E-state index contributed by atoms with van der Waals surface area (Å²) in [5.41, 5.74) is 2.03. The van der Waals surface area contributed by atoms with Crippen molar-refractivity contribution in [2.75, 3.05) is 0 Å². The molecule has 0 spiro atoms. The van der Waals surface area contributed by atoms with E-state index in [-0.39, 0.29) is 5.56 Å². The number of aryl methyl sites for hydroxylation is 1. The van der Waals surface area contributed by atoms with E-state index in [1.54, 1.807) is 37.3 Å². The fraction of sp³-hybridized carbons (Fsp3) is 0.286. The van der Waals surface area contributed by atoms with E-state index < -0.39 is 12.1 Å². The number of carbonyl (C=O) groups excluding carboxylic acids is 1. The van der Waals surface area contributed by atoms with Gasteiger partial charge in [-0.1, -0.05) is 37.6 Å². The van der Waals surface area contributed by atoms with Gasteiger partial charge in [0.1, 0.15) is 0 Å². The van der Waals surface area contributed by atoms with Crippen LogP contribution < -0.4 is 5.56 Å². The highest BCUT2D eigenvalue weighted by molar-refractivity contribution is 5.89. The second kappa shape index (κ2) is 7.95. The highest BCUT2D eigenvalue weighted by atomic mass is 16.5. The molecule has 2 aromatic carbocycles. The number of hydrogen-bond donors (Lipinski definition) is 1. The van der Waals surface area contributed by atoms with Crippen LogP contribution in [0.4, 0.5) is 0 Å². The number of aromatic nitrogens is 2. The molecule has 1 aromatic heterocycles. The lowest BCUT2D eigenvalue weighted by Gasteiger charge is -2.13. The fourth-order valence-corrected chi connectivity index (χ4v) is 2.77. The van der Waals surface area contributed by atoms with Crippen LogP contribution in [0, 0.1) is 0 Å². The van der Waals surface area contributed by atoms with Crippen LogP contribution in [0.2, 0.25) is 0 Å². The Kier molecular flexibility index (Phi) is 5.46. The molecule has 0 aliphatic carbocycles. The third-order valence-corrected chi connectivity index (χ3v) is 4.31. The van der Waals surface area contributed by atoms with E-state index in [1.165, 1.54) is 5.56 Å². The first-order chi connectivity index (χ1) is 12.6. The van der Waals surface area contributed by atoms with Crippen molar-refractivity contribution in [1.29, 1.82) is 0 Å². The number of aromatic amines is 1. The Morgan fingerprint density at radius 3 is 2.62 bits per heavy atom. The van der Waals surface area contributed by atoms with Gasteiger partial charge in [0.25, 0.3) is 5.56 Å². The number of ether oxygens (including phenoxy) is 1. The van der Waals surface area contributed by atoms with Crippen molar-refractivity contribution >= 4 is 16.9 Å². The van der Waals surface area contributed by atoms with Crippen LogP contribution in [-0.2, 0) is 11.2 Å². The number of unbranched alkanes of at least 4 members (excludes halogenated alkanes) is 1. The van der Waals surface area contributed by atoms with Gasteiger partial charge in [-0.25, -0.2) is 9.78 Å². The van der Waals surface area contributed by atoms with E-state index in [0.717, 1.165) is 19.3 Å². The molecule has 1 atom stereocenters. The topological polar surface area (TPSA) is 72.0 Å². The van der Waals surface area contributed by atoms with Crippen LogP contribution in [0.25, 0.3) is 10.9 Å². The molecule has 5 nitrogen and oxygen atoms in total. The zero-order valence-corrected chi connectivity index (χ0v) is 15.0. The molecule has 0 fully saturated rings. The number of nitrogens with zero attached hydrogens (tertiary/aromatic N) is 1. The first kappa shape index (κ1) is 17.9. The number of rotatable bonds is 6. The van der Waals surface area contributed by atoms with Gasteiger partial charge in [0.15, 0.2) is 11.9 Å². The minimum Gasteiger partial charge on any atom is -0.451 e. The van der Waals surface area contributed by atoms with Gasteiger partial charge in [-0.2, -0.15) is 0 Å². The minimum atomic E-state index is -0.653. The summed E-state index contributed by atoms with van der Waals surface area (Å²) in [5, 5.41) is 0.512. The molecule has 0 saturated heterocycles. The maximum absolute atomic E-state index is 12.4. The first-order valence-electron chi connectivity index (χ1n) is 8.87. The van der Waals surface area contributed by atoms with Crippen LogP contribution in [0.3, 0.4) is 0 Å². The smallest absolute Gasteiger partial charge is 0.338 e. The third kappa shape index (κ3) is 3.99. The van der Waals surface area contributed by atoms with Gasteiger partial charge in [0.05, 0.1) is 16.5 Å². The van der Waals surface area contributed by atoms with E-state index in [2.05, 4.69) is 16.9 Å². The molecule has 134 valence electrons. The van der Waals surface area contributed by atoms with Gasteiger partial charge in [-0.15, -0.1) is 0 Å². The van der Waals surface area contributed by atoms with Gasteiger partial charge in [-0.3, -0.25) is 4.79 Å². The molecule has 1 heterocycles. The largest absolute Gasteiger partial charge is 0.451 e. The second-order valence-corrected chi connectivity index (χ2v) is 6.32. The van der Waals surface area contributed by atoms with E-state index in [9.17, 15) is 9.59 Å². The van der Waals surface area contributed by atoms with Crippen molar-refractivity contribution < 1.29 is 9.53 Å². The van der Waals surface area contributed by atoms with Crippen molar-refractivity contribution in [2.24, 2.45) is 0 Å². The molecular weight excluding hydrogens is 328 g/mol. The number of esters is 1. The Bertz CT molecular complexity index is 961. The summed E-state index contributed by atoms with van der Waals surface area (Å²) < 4.78 is 5.48. The maximum Gasteiger partial charge on any atom is 0.338 e. The molecule has 1 unspecified atom stereocenters. The number of carbonyl (C=O) groups is 1. The van der Waals surface area contributed by atoms with Gasteiger partial charge < -0.3 is 9.72 Å². The number of benzene rings is 2.